The number of rotatable bonds is 8. The van der Waals surface area contributed by atoms with Crippen molar-refractivity contribution < 1.29 is 9.53 Å². The molecule has 4 rings (SSSR count). The molecule has 33 heavy (non-hydrogen) atoms. The standard InChI is InChI=1S/C25H23ClN4O2S/c1-17(24(31)27-22-11-7-6-10-21(22)18-8-4-3-5-9-18)33-25-29-28-23(30(25)2)16-32-20-14-12-19(26)13-15-20/h3-15,17H,16H2,1-2H3,(H,27,31). The van der Waals surface area contributed by atoms with Crippen LogP contribution >= 0.6 is 23.4 Å². The van der Waals surface area contributed by atoms with Crippen molar-refractivity contribution in [3.05, 3.63) is 89.7 Å². The highest BCUT2D eigenvalue weighted by Crippen LogP contribution is 2.29. The molecule has 1 atom stereocenters. The Morgan fingerprint density at radius 2 is 1.73 bits per heavy atom. The molecular weight excluding hydrogens is 456 g/mol. The van der Waals surface area contributed by atoms with Crippen LogP contribution in [0.25, 0.3) is 11.1 Å². The van der Waals surface area contributed by atoms with Crippen LogP contribution in [0.1, 0.15) is 12.7 Å². The first kappa shape index (κ1) is 22.9. The molecule has 168 valence electrons. The van der Waals surface area contributed by atoms with Crippen molar-refractivity contribution in [2.45, 2.75) is 23.9 Å². The van der Waals surface area contributed by atoms with E-state index >= 15 is 0 Å². The molecule has 6 nitrogen and oxygen atoms in total. The molecule has 8 heteroatoms. The maximum absolute atomic E-state index is 12.9. The maximum Gasteiger partial charge on any atom is 0.237 e. The van der Waals surface area contributed by atoms with E-state index in [1.54, 1.807) is 24.3 Å². The summed E-state index contributed by atoms with van der Waals surface area (Å²) in [6.45, 7) is 2.11. The van der Waals surface area contributed by atoms with Crippen molar-refractivity contribution in [1.29, 1.82) is 0 Å². The van der Waals surface area contributed by atoms with E-state index in [-0.39, 0.29) is 17.8 Å². The number of amides is 1. The summed E-state index contributed by atoms with van der Waals surface area (Å²) in [5.74, 6) is 1.25. The van der Waals surface area contributed by atoms with Crippen molar-refractivity contribution in [3.8, 4) is 16.9 Å². The summed E-state index contributed by atoms with van der Waals surface area (Å²) in [5, 5.41) is 12.4. The predicted molar refractivity (Wildman–Crippen MR) is 133 cm³/mol. The van der Waals surface area contributed by atoms with Crippen molar-refractivity contribution in [1.82, 2.24) is 14.8 Å². The number of nitrogens with zero attached hydrogens (tertiary/aromatic N) is 3. The largest absolute Gasteiger partial charge is 0.486 e. The second-order valence-electron chi connectivity index (χ2n) is 7.36. The van der Waals surface area contributed by atoms with Gasteiger partial charge in [-0.3, -0.25) is 4.79 Å². The van der Waals surface area contributed by atoms with Gasteiger partial charge in [0.2, 0.25) is 5.91 Å². The van der Waals surface area contributed by atoms with Crippen molar-refractivity contribution in [3.63, 3.8) is 0 Å². The molecule has 0 fully saturated rings. The van der Waals surface area contributed by atoms with Crippen LogP contribution in [0, 0.1) is 0 Å². The van der Waals surface area contributed by atoms with Crippen molar-refractivity contribution in [2.24, 2.45) is 7.05 Å². The number of carbonyl (C=O) groups excluding carboxylic acids is 1. The van der Waals surface area contributed by atoms with Crippen LogP contribution in [0.2, 0.25) is 5.02 Å². The molecule has 0 aliphatic carbocycles. The number of para-hydroxylation sites is 1. The molecule has 0 bridgehead atoms. The Bertz CT molecular complexity index is 1230. The lowest BCUT2D eigenvalue weighted by molar-refractivity contribution is -0.115. The number of halogens is 1. The molecule has 0 spiro atoms. The van der Waals surface area contributed by atoms with E-state index in [0.29, 0.717) is 21.8 Å². The van der Waals surface area contributed by atoms with Gasteiger partial charge in [0.1, 0.15) is 12.4 Å². The van der Waals surface area contributed by atoms with Crippen LogP contribution in [0.3, 0.4) is 0 Å². The van der Waals surface area contributed by atoms with Crippen LogP contribution in [0.15, 0.2) is 84.0 Å². The first-order chi connectivity index (χ1) is 16.0. The highest BCUT2D eigenvalue weighted by molar-refractivity contribution is 8.00. The van der Waals surface area contributed by atoms with Crippen LogP contribution in [0.5, 0.6) is 5.75 Å². The van der Waals surface area contributed by atoms with Crippen LogP contribution in [0.4, 0.5) is 5.69 Å². The number of benzene rings is 3. The summed E-state index contributed by atoms with van der Waals surface area (Å²) in [6.07, 6.45) is 0. The van der Waals surface area contributed by atoms with Gasteiger partial charge in [0, 0.05) is 23.3 Å². The van der Waals surface area contributed by atoms with Gasteiger partial charge in [-0.2, -0.15) is 0 Å². The van der Waals surface area contributed by atoms with Gasteiger partial charge in [0.25, 0.3) is 0 Å². The normalized spacial score (nSPS) is 11.7. The third kappa shape index (κ3) is 5.74. The molecule has 1 heterocycles. The van der Waals surface area contributed by atoms with Crippen molar-refractivity contribution >= 4 is 35.0 Å². The first-order valence-electron chi connectivity index (χ1n) is 10.4. The number of hydrogen-bond acceptors (Lipinski definition) is 5. The van der Waals surface area contributed by atoms with Gasteiger partial charge in [-0.15, -0.1) is 10.2 Å². The first-order valence-corrected chi connectivity index (χ1v) is 11.7. The van der Waals surface area contributed by atoms with E-state index in [2.05, 4.69) is 15.5 Å². The lowest BCUT2D eigenvalue weighted by Gasteiger charge is -2.15. The third-order valence-electron chi connectivity index (χ3n) is 5.03. The molecule has 1 unspecified atom stereocenters. The zero-order chi connectivity index (χ0) is 23.2. The average Bonchev–Trinajstić information content (AvgIpc) is 3.18. The SMILES string of the molecule is CC(Sc1nnc(COc2ccc(Cl)cc2)n1C)C(=O)Nc1ccccc1-c1ccccc1. The molecule has 0 saturated carbocycles. The molecule has 3 aromatic carbocycles. The van der Waals surface area contributed by atoms with Crippen LogP contribution in [-0.2, 0) is 18.4 Å². The summed E-state index contributed by atoms with van der Waals surface area (Å²) in [4.78, 5) is 12.9. The molecular formula is C25H23ClN4O2S. The minimum atomic E-state index is -0.373. The zero-order valence-corrected chi connectivity index (χ0v) is 19.8. The molecule has 1 amide bonds. The Morgan fingerprint density at radius 1 is 1.03 bits per heavy atom. The van der Waals surface area contributed by atoms with E-state index in [0.717, 1.165) is 16.8 Å². The quantitative estimate of drug-likeness (QED) is 0.322. The topological polar surface area (TPSA) is 69.0 Å². The fourth-order valence-corrected chi connectivity index (χ4v) is 4.12. The molecule has 1 N–H and O–H groups in total. The van der Waals surface area contributed by atoms with E-state index in [4.69, 9.17) is 16.3 Å². The molecule has 0 aliphatic heterocycles. The Balaban J connectivity index is 1.39. The summed E-state index contributed by atoms with van der Waals surface area (Å²) in [7, 11) is 1.86. The van der Waals surface area contributed by atoms with E-state index in [1.165, 1.54) is 11.8 Å². The number of hydrogen-bond donors (Lipinski definition) is 1. The summed E-state index contributed by atoms with van der Waals surface area (Å²) < 4.78 is 7.59. The highest BCUT2D eigenvalue weighted by atomic mass is 35.5. The second kappa shape index (κ2) is 10.6. The highest BCUT2D eigenvalue weighted by Gasteiger charge is 2.20. The monoisotopic (exact) mass is 478 g/mol. The van der Waals surface area contributed by atoms with Gasteiger partial charge in [-0.25, -0.2) is 0 Å². The van der Waals surface area contributed by atoms with Gasteiger partial charge >= 0.3 is 0 Å². The number of ether oxygens (including phenoxy) is 1. The lowest BCUT2D eigenvalue weighted by atomic mass is 10.0. The van der Waals surface area contributed by atoms with Gasteiger partial charge in [0.05, 0.1) is 5.25 Å². The summed E-state index contributed by atoms with van der Waals surface area (Å²) in [6, 6.07) is 24.9. The minimum absolute atomic E-state index is 0.106. The average molecular weight is 479 g/mol. The lowest BCUT2D eigenvalue weighted by Crippen LogP contribution is -2.23. The molecule has 0 radical (unpaired) electrons. The fraction of sp³-hybridized carbons (Fsp3) is 0.160. The third-order valence-corrected chi connectivity index (χ3v) is 6.41. The van der Waals surface area contributed by atoms with E-state index in [9.17, 15) is 4.79 Å². The second-order valence-corrected chi connectivity index (χ2v) is 9.11. The number of thioether (sulfide) groups is 1. The summed E-state index contributed by atoms with van der Waals surface area (Å²) >= 11 is 7.25. The Hall–Kier alpha value is -3.29. The number of aromatic nitrogens is 3. The van der Waals surface area contributed by atoms with Crippen LogP contribution in [-0.4, -0.2) is 25.9 Å². The zero-order valence-electron chi connectivity index (χ0n) is 18.2. The van der Waals surface area contributed by atoms with Gasteiger partial charge < -0.3 is 14.6 Å². The van der Waals surface area contributed by atoms with Crippen molar-refractivity contribution in [2.75, 3.05) is 5.32 Å². The van der Waals surface area contributed by atoms with E-state index in [1.807, 2.05) is 73.1 Å². The number of nitrogens with one attached hydrogen (secondary N) is 1. The van der Waals surface area contributed by atoms with Gasteiger partial charge in [-0.1, -0.05) is 71.9 Å². The molecule has 4 aromatic rings. The summed E-state index contributed by atoms with van der Waals surface area (Å²) in [5.41, 5.74) is 2.80. The predicted octanol–water partition coefficient (Wildman–Crippen LogP) is 5.83. The molecule has 0 saturated heterocycles. The Kier molecular flexibility index (Phi) is 7.32. The number of carbonyl (C=O) groups is 1. The fourth-order valence-electron chi connectivity index (χ4n) is 3.16. The molecule has 1 aromatic heterocycles. The van der Waals surface area contributed by atoms with Gasteiger partial charge in [-0.05, 0) is 42.8 Å². The van der Waals surface area contributed by atoms with Crippen LogP contribution < -0.4 is 10.1 Å². The molecule has 0 aliphatic rings. The smallest absolute Gasteiger partial charge is 0.237 e. The van der Waals surface area contributed by atoms with Gasteiger partial charge in [0.15, 0.2) is 11.0 Å². The van der Waals surface area contributed by atoms with E-state index < -0.39 is 0 Å². The minimum Gasteiger partial charge on any atom is -0.486 e. The maximum atomic E-state index is 12.9. The Labute approximate surface area is 202 Å². The number of anilines is 1. The Morgan fingerprint density at radius 3 is 2.48 bits per heavy atom.